The molecule has 1 aliphatic rings. The van der Waals surface area contributed by atoms with Crippen molar-refractivity contribution in [1.29, 1.82) is 0 Å². The zero-order valence-corrected chi connectivity index (χ0v) is 11.3. The van der Waals surface area contributed by atoms with Crippen molar-refractivity contribution in [3.8, 4) is 0 Å². The minimum absolute atomic E-state index is 0.0670. The number of hydrogen-bond acceptors (Lipinski definition) is 3. The fourth-order valence-electron chi connectivity index (χ4n) is 2.12. The predicted octanol–water partition coefficient (Wildman–Crippen LogP) is 1.39. The molecule has 3 unspecified atom stereocenters. The summed E-state index contributed by atoms with van der Waals surface area (Å²) < 4.78 is 5.57. The molecule has 17 heavy (non-hydrogen) atoms. The Morgan fingerprint density at radius 1 is 1.53 bits per heavy atom. The zero-order valence-electron chi connectivity index (χ0n) is 11.3. The van der Waals surface area contributed by atoms with Crippen molar-refractivity contribution in [2.24, 2.45) is 11.7 Å². The number of carbonyl (C=O) groups is 1. The Balaban J connectivity index is 2.50. The number of hydrogen-bond donors (Lipinski definition) is 1. The molecule has 0 spiro atoms. The van der Waals surface area contributed by atoms with Gasteiger partial charge in [0.25, 0.3) is 0 Å². The maximum Gasteiger partial charge on any atom is 0.239 e. The van der Waals surface area contributed by atoms with E-state index in [1.165, 1.54) is 0 Å². The lowest BCUT2D eigenvalue weighted by atomic mass is 9.98. The van der Waals surface area contributed by atoms with Gasteiger partial charge in [0.15, 0.2) is 0 Å². The molecule has 4 nitrogen and oxygen atoms in total. The summed E-state index contributed by atoms with van der Waals surface area (Å²) in [6, 6.07) is -0.374. The van der Waals surface area contributed by atoms with Gasteiger partial charge in [-0.2, -0.15) is 0 Å². The molecule has 0 radical (unpaired) electrons. The predicted molar refractivity (Wildman–Crippen MR) is 68.7 cm³/mol. The number of amides is 1. The molecule has 1 rings (SSSR count). The van der Waals surface area contributed by atoms with E-state index in [2.05, 4.69) is 6.92 Å². The molecule has 2 N–H and O–H groups in total. The third kappa shape index (κ3) is 3.96. The standard InChI is InChI=1S/C13H26N2O2/c1-4-10(3)12(14)13(16)15(5-2)9-11-7-6-8-17-11/h10-12H,4-9,14H2,1-3H3. The lowest BCUT2D eigenvalue weighted by Crippen LogP contribution is -2.49. The maximum absolute atomic E-state index is 12.2. The maximum atomic E-state index is 12.2. The molecule has 100 valence electrons. The van der Waals surface area contributed by atoms with Gasteiger partial charge in [-0.15, -0.1) is 0 Å². The summed E-state index contributed by atoms with van der Waals surface area (Å²) in [5.74, 6) is 0.304. The van der Waals surface area contributed by atoms with E-state index in [0.29, 0.717) is 13.1 Å². The van der Waals surface area contributed by atoms with Crippen molar-refractivity contribution in [3.05, 3.63) is 0 Å². The van der Waals surface area contributed by atoms with Gasteiger partial charge in [-0.05, 0) is 25.7 Å². The molecule has 1 fully saturated rings. The number of nitrogens with two attached hydrogens (primary N) is 1. The molecule has 0 aromatic carbocycles. The highest BCUT2D eigenvalue weighted by atomic mass is 16.5. The van der Waals surface area contributed by atoms with Crippen LogP contribution in [0.3, 0.4) is 0 Å². The van der Waals surface area contributed by atoms with Crippen LogP contribution in [0.1, 0.15) is 40.0 Å². The van der Waals surface area contributed by atoms with Crippen LogP contribution in [0.5, 0.6) is 0 Å². The summed E-state index contributed by atoms with van der Waals surface area (Å²) in [7, 11) is 0. The summed E-state index contributed by atoms with van der Waals surface area (Å²) in [5.41, 5.74) is 5.99. The van der Waals surface area contributed by atoms with Crippen LogP contribution in [0.25, 0.3) is 0 Å². The minimum Gasteiger partial charge on any atom is -0.376 e. The van der Waals surface area contributed by atoms with Crippen molar-refractivity contribution in [2.45, 2.75) is 52.2 Å². The monoisotopic (exact) mass is 242 g/mol. The Labute approximate surface area is 104 Å². The molecule has 1 amide bonds. The minimum atomic E-state index is -0.374. The van der Waals surface area contributed by atoms with E-state index in [1.807, 2.05) is 18.7 Å². The highest BCUT2D eigenvalue weighted by Gasteiger charge is 2.27. The normalized spacial score (nSPS) is 23.4. The Kier molecular flexibility index (Phi) is 5.92. The number of carbonyl (C=O) groups excluding carboxylic acids is 1. The molecule has 4 heteroatoms. The number of likely N-dealkylation sites (N-methyl/N-ethyl adjacent to an activating group) is 1. The summed E-state index contributed by atoms with van der Waals surface area (Å²) in [4.78, 5) is 14.0. The van der Waals surface area contributed by atoms with Crippen LogP contribution in [0, 0.1) is 5.92 Å². The van der Waals surface area contributed by atoms with Gasteiger partial charge >= 0.3 is 0 Å². The second kappa shape index (κ2) is 6.97. The van der Waals surface area contributed by atoms with E-state index in [4.69, 9.17) is 10.5 Å². The van der Waals surface area contributed by atoms with E-state index in [0.717, 1.165) is 25.9 Å². The summed E-state index contributed by atoms with van der Waals surface area (Å²) in [6.07, 6.45) is 3.31. The first-order valence-electron chi connectivity index (χ1n) is 6.76. The number of ether oxygens (including phenoxy) is 1. The third-order valence-electron chi connectivity index (χ3n) is 3.68. The molecular formula is C13H26N2O2. The Morgan fingerprint density at radius 2 is 2.24 bits per heavy atom. The van der Waals surface area contributed by atoms with Gasteiger partial charge in [-0.25, -0.2) is 0 Å². The van der Waals surface area contributed by atoms with Crippen molar-refractivity contribution >= 4 is 5.91 Å². The summed E-state index contributed by atoms with van der Waals surface area (Å²) >= 11 is 0. The van der Waals surface area contributed by atoms with Gasteiger partial charge in [0.1, 0.15) is 0 Å². The van der Waals surface area contributed by atoms with Crippen molar-refractivity contribution in [2.75, 3.05) is 19.7 Å². The van der Waals surface area contributed by atoms with Gasteiger partial charge in [0.2, 0.25) is 5.91 Å². The largest absolute Gasteiger partial charge is 0.376 e. The van der Waals surface area contributed by atoms with Crippen LogP contribution in [0.2, 0.25) is 0 Å². The molecule has 0 aromatic heterocycles. The van der Waals surface area contributed by atoms with Crippen LogP contribution >= 0.6 is 0 Å². The van der Waals surface area contributed by atoms with Gasteiger partial charge in [-0.1, -0.05) is 20.3 Å². The second-order valence-electron chi connectivity index (χ2n) is 4.92. The van der Waals surface area contributed by atoms with E-state index in [1.54, 1.807) is 0 Å². The zero-order chi connectivity index (χ0) is 12.8. The SMILES string of the molecule is CCC(C)C(N)C(=O)N(CC)CC1CCCO1. The van der Waals surface area contributed by atoms with Crippen molar-refractivity contribution in [3.63, 3.8) is 0 Å². The average molecular weight is 242 g/mol. The third-order valence-corrected chi connectivity index (χ3v) is 3.68. The molecule has 0 aromatic rings. The van der Waals surface area contributed by atoms with Crippen molar-refractivity contribution < 1.29 is 9.53 Å². The van der Waals surface area contributed by atoms with E-state index in [-0.39, 0.29) is 24.0 Å². The van der Waals surface area contributed by atoms with Crippen LogP contribution < -0.4 is 5.73 Å². The number of rotatable bonds is 6. The Morgan fingerprint density at radius 3 is 2.71 bits per heavy atom. The highest BCUT2D eigenvalue weighted by Crippen LogP contribution is 2.15. The number of nitrogens with zero attached hydrogens (tertiary/aromatic N) is 1. The summed E-state index contributed by atoms with van der Waals surface area (Å²) in [6.45, 7) is 8.32. The van der Waals surface area contributed by atoms with Crippen LogP contribution in [0.15, 0.2) is 0 Å². The quantitative estimate of drug-likeness (QED) is 0.765. The van der Waals surface area contributed by atoms with Crippen LogP contribution in [-0.2, 0) is 9.53 Å². The second-order valence-corrected chi connectivity index (χ2v) is 4.92. The molecule has 3 atom stereocenters. The first kappa shape index (κ1) is 14.5. The van der Waals surface area contributed by atoms with Gasteiger partial charge in [0.05, 0.1) is 12.1 Å². The summed E-state index contributed by atoms with van der Waals surface area (Å²) in [5, 5.41) is 0. The molecule has 1 aliphatic heterocycles. The fourth-order valence-corrected chi connectivity index (χ4v) is 2.12. The van der Waals surface area contributed by atoms with E-state index < -0.39 is 0 Å². The lowest BCUT2D eigenvalue weighted by molar-refractivity contribution is -0.135. The van der Waals surface area contributed by atoms with Gasteiger partial charge in [-0.3, -0.25) is 4.79 Å². The molecule has 0 bridgehead atoms. The van der Waals surface area contributed by atoms with Crippen LogP contribution in [0.4, 0.5) is 0 Å². The molecule has 0 aliphatic carbocycles. The Bertz CT molecular complexity index is 240. The van der Waals surface area contributed by atoms with Gasteiger partial charge < -0.3 is 15.4 Å². The molecule has 1 saturated heterocycles. The first-order chi connectivity index (χ1) is 8.10. The van der Waals surface area contributed by atoms with Crippen LogP contribution in [-0.4, -0.2) is 42.6 Å². The van der Waals surface area contributed by atoms with Crippen molar-refractivity contribution in [1.82, 2.24) is 4.90 Å². The van der Waals surface area contributed by atoms with Gasteiger partial charge in [0, 0.05) is 19.7 Å². The molecule has 0 saturated carbocycles. The van der Waals surface area contributed by atoms with E-state index >= 15 is 0 Å². The fraction of sp³-hybridized carbons (Fsp3) is 0.923. The topological polar surface area (TPSA) is 55.6 Å². The average Bonchev–Trinajstić information content (AvgIpc) is 2.85. The highest BCUT2D eigenvalue weighted by molar-refractivity contribution is 5.82. The Hall–Kier alpha value is -0.610. The molecular weight excluding hydrogens is 216 g/mol. The smallest absolute Gasteiger partial charge is 0.239 e. The lowest BCUT2D eigenvalue weighted by Gasteiger charge is -2.28. The van der Waals surface area contributed by atoms with E-state index in [9.17, 15) is 4.79 Å². The first-order valence-corrected chi connectivity index (χ1v) is 6.76. The molecule has 1 heterocycles.